The quantitative estimate of drug-likeness (QED) is 0.879. The van der Waals surface area contributed by atoms with Crippen molar-refractivity contribution in [2.75, 3.05) is 0 Å². The highest BCUT2D eigenvalue weighted by Crippen LogP contribution is 2.21. The van der Waals surface area contributed by atoms with E-state index in [1.54, 1.807) is 0 Å². The van der Waals surface area contributed by atoms with Crippen LogP contribution in [-0.4, -0.2) is 33.0 Å². The second-order valence-corrected chi connectivity index (χ2v) is 4.91. The van der Waals surface area contributed by atoms with Crippen LogP contribution in [0.5, 0.6) is 0 Å². The Kier molecular flexibility index (Phi) is 3.35. The van der Waals surface area contributed by atoms with E-state index in [0.717, 1.165) is 12.8 Å². The predicted octanol–water partition coefficient (Wildman–Crippen LogP) is 1.07. The fourth-order valence-electron chi connectivity index (χ4n) is 2.58. The zero-order chi connectivity index (χ0) is 14.8. The minimum atomic E-state index is -1.26. The van der Waals surface area contributed by atoms with Crippen LogP contribution in [0.1, 0.15) is 32.1 Å². The average Bonchev–Trinajstić information content (AvgIpc) is 2.89. The third kappa shape index (κ3) is 2.60. The average molecular weight is 283 g/mol. The zero-order valence-corrected chi connectivity index (χ0v) is 11.1. The van der Waals surface area contributed by atoms with Gasteiger partial charge in [-0.2, -0.15) is 0 Å². The van der Waals surface area contributed by atoms with Gasteiger partial charge in [-0.25, -0.2) is 14.8 Å². The largest absolute Gasteiger partial charge is 0.476 e. The molecule has 0 fully saturated rings. The number of nitrogens with zero attached hydrogens (tertiary/aromatic N) is 2. The van der Waals surface area contributed by atoms with E-state index in [1.165, 1.54) is 23.5 Å². The summed E-state index contributed by atoms with van der Waals surface area (Å²) >= 11 is 0. The van der Waals surface area contributed by atoms with Gasteiger partial charge in [0.05, 0.1) is 0 Å². The number of fused-ring (bicyclic) bond motifs is 1. The summed E-state index contributed by atoms with van der Waals surface area (Å²) in [6.45, 7) is 0. The van der Waals surface area contributed by atoms with Crippen molar-refractivity contribution in [2.24, 2.45) is 0 Å². The molecule has 0 saturated heterocycles. The van der Waals surface area contributed by atoms with E-state index in [2.05, 4.69) is 15.3 Å². The summed E-state index contributed by atoms with van der Waals surface area (Å²) in [6, 6.07) is 7.96. The van der Waals surface area contributed by atoms with Gasteiger partial charge in [-0.05, 0) is 24.0 Å². The Hall–Kier alpha value is -2.76. The van der Waals surface area contributed by atoms with Crippen LogP contribution in [0.3, 0.4) is 0 Å². The molecule has 2 aromatic rings. The van der Waals surface area contributed by atoms with Crippen molar-refractivity contribution < 1.29 is 14.7 Å². The fourth-order valence-corrected chi connectivity index (χ4v) is 2.58. The van der Waals surface area contributed by atoms with Crippen LogP contribution in [0.25, 0.3) is 0 Å². The van der Waals surface area contributed by atoms with Crippen LogP contribution in [-0.2, 0) is 12.8 Å². The van der Waals surface area contributed by atoms with Gasteiger partial charge in [0, 0.05) is 18.4 Å². The number of carbonyl (C=O) groups is 2. The van der Waals surface area contributed by atoms with Gasteiger partial charge in [0.15, 0.2) is 11.4 Å². The Balaban J connectivity index is 1.76. The van der Waals surface area contributed by atoms with E-state index in [9.17, 15) is 9.59 Å². The highest BCUT2D eigenvalue weighted by molar-refractivity contribution is 6.02. The van der Waals surface area contributed by atoms with Crippen molar-refractivity contribution in [1.29, 1.82) is 0 Å². The molecule has 6 heteroatoms. The molecular weight excluding hydrogens is 270 g/mol. The SMILES string of the molecule is O=C(O)c1nccnc1C(=O)NC1Cc2ccccc2C1. The van der Waals surface area contributed by atoms with Crippen LogP contribution in [0.4, 0.5) is 0 Å². The number of hydrogen-bond acceptors (Lipinski definition) is 4. The lowest BCUT2D eigenvalue weighted by molar-refractivity contribution is 0.0682. The second kappa shape index (κ2) is 5.32. The number of carboxylic acids is 1. The molecule has 1 aromatic carbocycles. The summed E-state index contributed by atoms with van der Waals surface area (Å²) in [5, 5.41) is 11.9. The molecule has 0 saturated carbocycles. The van der Waals surface area contributed by atoms with E-state index >= 15 is 0 Å². The van der Waals surface area contributed by atoms with E-state index in [0.29, 0.717) is 0 Å². The Morgan fingerprint density at radius 1 is 1.05 bits per heavy atom. The van der Waals surface area contributed by atoms with Gasteiger partial charge in [0.2, 0.25) is 0 Å². The smallest absolute Gasteiger partial charge is 0.356 e. The van der Waals surface area contributed by atoms with Crippen LogP contribution >= 0.6 is 0 Å². The molecular formula is C15H13N3O3. The van der Waals surface area contributed by atoms with Crippen LogP contribution in [0.2, 0.25) is 0 Å². The summed E-state index contributed by atoms with van der Waals surface area (Å²) in [7, 11) is 0. The number of hydrogen-bond donors (Lipinski definition) is 2. The molecule has 1 heterocycles. The summed E-state index contributed by atoms with van der Waals surface area (Å²) < 4.78 is 0. The van der Waals surface area contributed by atoms with Crippen LogP contribution < -0.4 is 5.32 Å². The molecule has 1 aliphatic carbocycles. The molecule has 1 aliphatic rings. The summed E-state index contributed by atoms with van der Waals surface area (Å²) in [5.41, 5.74) is 1.94. The number of amides is 1. The van der Waals surface area contributed by atoms with E-state index in [1.807, 2.05) is 24.3 Å². The second-order valence-electron chi connectivity index (χ2n) is 4.91. The number of benzene rings is 1. The molecule has 0 spiro atoms. The Morgan fingerprint density at radius 2 is 1.62 bits per heavy atom. The molecule has 1 amide bonds. The van der Waals surface area contributed by atoms with E-state index < -0.39 is 11.9 Å². The molecule has 21 heavy (non-hydrogen) atoms. The lowest BCUT2D eigenvalue weighted by Crippen LogP contribution is -2.36. The van der Waals surface area contributed by atoms with Gasteiger partial charge in [-0.15, -0.1) is 0 Å². The zero-order valence-electron chi connectivity index (χ0n) is 11.1. The molecule has 2 N–H and O–H groups in total. The number of rotatable bonds is 3. The Labute approximate surface area is 120 Å². The molecule has 0 radical (unpaired) electrons. The molecule has 0 bridgehead atoms. The van der Waals surface area contributed by atoms with Crippen molar-refractivity contribution in [3.05, 3.63) is 59.2 Å². The maximum absolute atomic E-state index is 12.2. The monoisotopic (exact) mass is 283 g/mol. The molecule has 1 aromatic heterocycles. The van der Waals surface area contributed by atoms with Gasteiger partial charge < -0.3 is 10.4 Å². The van der Waals surface area contributed by atoms with Crippen LogP contribution in [0.15, 0.2) is 36.7 Å². The summed E-state index contributed by atoms with van der Waals surface area (Å²) in [6.07, 6.45) is 4.05. The number of aromatic nitrogens is 2. The number of carbonyl (C=O) groups excluding carboxylic acids is 1. The lowest BCUT2D eigenvalue weighted by Gasteiger charge is -2.12. The summed E-state index contributed by atoms with van der Waals surface area (Å²) in [5.74, 6) is -1.76. The van der Waals surface area contributed by atoms with Gasteiger partial charge in [-0.1, -0.05) is 24.3 Å². The normalized spacial score (nSPS) is 13.7. The first kappa shape index (κ1) is 13.2. The highest BCUT2D eigenvalue weighted by Gasteiger charge is 2.25. The highest BCUT2D eigenvalue weighted by atomic mass is 16.4. The number of aromatic carboxylic acids is 1. The number of carboxylic acid groups (broad SMARTS) is 1. The lowest BCUT2D eigenvalue weighted by atomic mass is 10.1. The van der Waals surface area contributed by atoms with Crippen molar-refractivity contribution in [3.8, 4) is 0 Å². The topological polar surface area (TPSA) is 92.2 Å². The first-order valence-corrected chi connectivity index (χ1v) is 6.57. The van der Waals surface area contributed by atoms with Crippen molar-refractivity contribution in [2.45, 2.75) is 18.9 Å². The third-order valence-corrected chi connectivity index (χ3v) is 3.50. The van der Waals surface area contributed by atoms with Gasteiger partial charge in [-0.3, -0.25) is 4.79 Å². The predicted molar refractivity (Wildman–Crippen MR) is 74.1 cm³/mol. The maximum atomic E-state index is 12.2. The van der Waals surface area contributed by atoms with Gasteiger partial charge in [0.1, 0.15) is 0 Å². The molecule has 6 nitrogen and oxygen atoms in total. The molecule has 106 valence electrons. The summed E-state index contributed by atoms with van der Waals surface area (Å²) in [4.78, 5) is 30.8. The molecule has 0 atom stereocenters. The van der Waals surface area contributed by atoms with E-state index in [-0.39, 0.29) is 17.4 Å². The van der Waals surface area contributed by atoms with Crippen molar-refractivity contribution >= 4 is 11.9 Å². The Morgan fingerprint density at radius 3 is 2.19 bits per heavy atom. The Bertz CT molecular complexity index is 690. The van der Waals surface area contributed by atoms with Crippen molar-refractivity contribution in [3.63, 3.8) is 0 Å². The van der Waals surface area contributed by atoms with Gasteiger partial charge in [0.25, 0.3) is 5.91 Å². The van der Waals surface area contributed by atoms with Gasteiger partial charge >= 0.3 is 5.97 Å². The first-order valence-electron chi connectivity index (χ1n) is 6.57. The molecule has 0 aliphatic heterocycles. The standard InChI is InChI=1S/C15H13N3O3/c19-14(12-13(15(20)21)17-6-5-16-12)18-11-7-9-3-1-2-4-10(9)8-11/h1-6,11H,7-8H2,(H,18,19)(H,20,21). The molecule has 0 unspecified atom stereocenters. The third-order valence-electron chi connectivity index (χ3n) is 3.50. The van der Waals surface area contributed by atoms with Crippen LogP contribution in [0, 0.1) is 0 Å². The minimum Gasteiger partial charge on any atom is -0.476 e. The van der Waals surface area contributed by atoms with Crippen molar-refractivity contribution in [1.82, 2.24) is 15.3 Å². The fraction of sp³-hybridized carbons (Fsp3) is 0.200. The van der Waals surface area contributed by atoms with E-state index in [4.69, 9.17) is 5.11 Å². The maximum Gasteiger partial charge on any atom is 0.356 e. The minimum absolute atomic E-state index is 0.0430. The molecule has 3 rings (SSSR count). The first-order chi connectivity index (χ1) is 10.1. The number of nitrogens with one attached hydrogen (secondary N) is 1.